The number of rotatable bonds is 2. The van der Waals surface area contributed by atoms with Crippen molar-refractivity contribution in [3.63, 3.8) is 0 Å². The average molecular weight is 238 g/mol. The van der Waals surface area contributed by atoms with Crippen molar-refractivity contribution in [1.29, 1.82) is 0 Å². The molecule has 1 aliphatic rings. The molecule has 0 aromatic heterocycles. The Labute approximate surface area is 101 Å². The summed E-state index contributed by atoms with van der Waals surface area (Å²) in [5.74, 6) is 0.117. The third-order valence-electron chi connectivity index (χ3n) is 3.18. The van der Waals surface area contributed by atoms with E-state index in [4.69, 9.17) is 11.6 Å². The number of carbonyl (C=O) groups is 1. The molecule has 0 radical (unpaired) electrons. The van der Waals surface area contributed by atoms with E-state index in [1.54, 1.807) is 12.1 Å². The first kappa shape index (κ1) is 11.5. The first-order chi connectivity index (χ1) is 7.72. The van der Waals surface area contributed by atoms with Crippen LogP contribution in [0.1, 0.15) is 36.5 Å². The molecule has 1 fully saturated rings. The van der Waals surface area contributed by atoms with E-state index in [2.05, 4.69) is 6.92 Å². The standard InChI is InChI=1S/C13H16ClNO/c1-2-12-7-4-8-15(12)13(16)10-5-3-6-11(14)9-10/h3,5-6,9,12H,2,4,7-8H2,1H3. The van der Waals surface area contributed by atoms with Crippen LogP contribution in [-0.2, 0) is 0 Å². The van der Waals surface area contributed by atoms with Crippen molar-refractivity contribution < 1.29 is 4.79 Å². The monoisotopic (exact) mass is 237 g/mol. The lowest BCUT2D eigenvalue weighted by Gasteiger charge is -2.23. The van der Waals surface area contributed by atoms with Crippen LogP contribution in [0.15, 0.2) is 24.3 Å². The summed E-state index contributed by atoms with van der Waals surface area (Å²) in [5, 5.41) is 0.623. The Morgan fingerprint density at radius 1 is 1.56 bits per heavy atom. The highest BCUT2D eigenvalue weighted by molar-refractivity contribution is 6.30. The van der Waals surface area contributed by atoms with Crippen molar-refractivity contribution in [2.45, 2.75) is 32.2 Å². The zero-order valence-corrected chi connectivity index (χ0v) is 10.2. The number of hydrogen-bond donors (Lipinski definition) is 0. The van der Waals surface area contributed by atoms with Crippen molar-refractivity contribution >= 4 is 17.5 Å². The van der Waals surface area contributed by atoms with Crippen LogP contribution >= 0.6 is 11.6 Å². The molecule has 1 unspecified atom stereocenters. The van der Waals surface area contributed by atoms with Gasteiger partial charge < -0.3 is 4.90 Å². The highest BCUT2D eigenvalue weighted by Crippen LogP contribution is 2.23. The minimum Gasteiger partial charge on any atom is -0.336 e. The maximum Gasteiger partial charge on any atom is 0.254 e. The quantitative estimate of drug-likeness (QED) is 0.773. The summed E-state index contributed by atoms with van der Waals surface area (Å²) < 4.78 is 0. The molecular weight excluding hydrogens is 222 g/mol. The molecule has 0 bridgehead atoms. The molecule has 1 saturated heterocycles. The van der Waals surface area contributed by atoms with Crippen molar-refractivity contribution in [3.8, 4) is 0 Å². The number of amides is 1. The molecule has 2 rings (SSSR count). The molecule has 86 valence electrons. The largest absolute Gasteiger partial charge is 0.336 e. The second-order valence-electron chi connectivity index (χ2n) is 4.21. The van der Waals surface area contributed by atoms with Gasteiger partial charge in [0.2, 0.25) is 0 Å². The highest BCUT2D eigenvalue weighted by Gasteiger charge is 2.27. The van der Waals surface area contributed by atoms with Crippen LogP contribution in [0.5, 0.6) is 0 Å². The van der Waals surface area contributed by atoms with Gasteiger partial charge in [0.25, 0.3) is 5.91 Å². The number of carbonyl (C=O) groups excluding carboxylic acids is 1. The van der Waals surface area contributed by atoms with Crippen LogP contribution in [0.4, 0.5) is 0 Å². The Balaban J connectivity index is 2.18. The highest BCUT2D eigenvalue weighted by atomic mass is 35.5. The predicted octanol–water partition coefficient (Wildman–Crippen LogP) is 3.35. The molecular formula is C13H16ClNO. The fraction of sp³-hybridized carbons (Fsp3) is 0.462. The molecule has 1 aromatic carbocycles. The van der Waals surface area contributed by atoms with Crippen LogP contribution in [0.25, 0.3) is 0 Å². The third kappa shape index (κ3) is 2.22. The number of halogens is 1. The van der Waals surface area contributed by atoms with E-state index < -0.39 is 0 Å². The molecule has 3 heteroatoms. The molecule has 1 heterocycles. The van der Waals surface area contributed by atoms with Gasteiger partial charge in [0.1, 0.15) is 0 Å². The lowest BCUT2D eigenvalue weighted by molar-refractivity contribution is 0.0733. The molecule has 2 nitrogen and oxygen atoms in total. The van der Waals surface area contributed by atoms with E-state index in [0.29, 0.717) is 16.6 Å². The van der Waals surface area contributed by atoms with E-state index in [1.165, 1.54) is 0 Å². The third-order valence-corrected chi connectivity index (χ3v) is 3.42. The van der Waals surface area contributed by atoms with Crippen molar-refractivity contribution in [2.75, 3.05) is 6.54 Å². The van der Waals surface area contributed by atoms with Gasteiger partial charge in [0, 0.05) is 23.2 Å². The summed E-state index contributed by atoms with van der Waals surface area (Å²) in [6.07, 6.45) is 3.28. The Morgan fingerprint density at radius 2 is 2.38 bits per heavy atom. The Morgan fingerprint density at radius 3 is 3.06 bits per heavy atom. The maximum atomic E-state index is 12.2. The molecule has 1 atom stereocenters. The Bertz CT molecular complexity index is 391. The molecule has 1 aliphatic heterocycles. The predicted molar refractivity (Wildman–Crippen MR) is 65.8 cm³/mol. The van der Waals surface area contributed by atoms with Crippen molar-refractivity contribution in [1.82, 2.24) is 4.90 Å². The first-order valence-corrected chi connectivity index (χ1v) is 6.16. The summed E-state index contributed by atoms with van der Waals surface area (Å²) in [6, 6.07) is 7.60. The van der Waals surface area contributed by atoms with Gasteiger partial charge in [-0.25, -0.2) is 0 Å². The minimum atomic E-state index is 0.117. The van der Waals surface area contributed by atoms with Gasteiger partial charge in [-0.15, -0.1) is 0 Å². The fourth-order valence-electron chi connectivity index (χ4n) is 2.31. The number of likely N-dealkylation sites (tertiary alicyclic amines) is 1. The second-order valence-corrected chi connectivity index (χ2v) is 4.65. The van der Waals surface area contributed by atoms with E-state index in [-0.39, 0.29) is 5.91 Å². The van der Waals surface area contributed by atoms with Gasteiger partial charge >= 0.3 is 0 Å². The van der Waals surface area contributed by atoms with E-state index in [1.807, 2.05) is 17.0 Å². The topological polar surface area (TPSA) is 20.3 Å². The molecule has 16 heavy (non-hydrogen) atoms. The van der Waals surface area contributed by atoms with Gasteiger partial charge in [-0.2, -0.15) is 0 Å². The average Bonchev–Trinajstić information content (AvgIpc) is 2.76. The summed E-state index contributed by atoms with van der Waals surface area (Å²) in [7, 11) is 0. The van der Waals surface area contributed by atoms with E-state index >= 15 is 0 Å². The second kappa shape index (κ2) is 4.88. The number of nitrogens with zero attached hydrogens (tertiary/aromatic N) is 1. The zero-order valence-electron chi connectivity index (χ0n) is 9.45. The van der Waals surface area contributed by atoms with Crippen LogP contribution < -0.4 is 0 Å². The molecule has 0 aliphatic carbocycles. The minimum absolute atomic E-state index is 0.117. The Kier molecular flexibility index (Phi) is 3.49. The summed E-state index contributed by atoms with van der Waals surface area (Å²) in [5.41, 5.74) is 0.702. The van der Waals surface area contributed by atoms with Gasteiger partial charge in [-0.3, -0.25) is 4.79 Å². The summed E-state index contributed by atoms with van der Waals surface area (Å²) >= 11 is 5.90. The molecule has 0 N–H and O–H groups in total. The fourth-order valence-corrected chi connectivity index (χ4v) is 2.51. The normalized spacial score (nSPS) is 20.1. The molecule has 1 amide bonds. The SMILES string of the molecule is CCC1CCCN1C(=O)c1cccc(Cl)c1. The van der Waals surface area contributed by atoms with Crippen LogP contribution in [-0.4, -0.2) is 23.4 Å². The molecule has 0 spiro atoms. The van der Waals surface area contributed by atoms with Crippen molar-refractivity contribution in [2.24, 2.45) is 0 Å². The smallest absolute Gasteiger partial charge is 0.254 e. The maximum absolute atomic E-state index is 12.2. The zero-order chi connectivity index (χ0) is 11.5. The lowest BCUT2D eigenvalue weighted by Crippen LogP contribution is -2.35. The van der Waals surface area contributed by atoms with Gasteiger partial charge in [-0.05, 0) is 37.5 Å². The van der Waals surface area contributed by atoms with Crippen LogP contribution in [0, 0.1) is 0 Å². The van der Waals surface area contributed by atoms with Gasteiger partial charge in [0.05, 0.1) is 0 Å². The van der Waals surface area contributed by atoms with Gasteiger partial charge in [0.15, 0.2) is 0 Å². The lowest BCUT2D eigenvalue weighted by atomic mass is 10.1. The van der Waals surface area contributed by atoms with E-state index in [0.717, 1.165) is 25.8 Å². The Hall–Kier alpha value is -1.02. The van der Waals surface area contributed by atoms with Crippen LogP contribution in [0.2, 0.25) is 5.02 Å². The van der Waals surface area contributed by atoms with Crippen molar-refractivity contribution in [3.05, 3.63) is 34.9 Å². The number of benzene rings is 1. The first-order valence-electron chi connectivity index (χ1n) is 5.79. The molecule has 1 aromatic rings. The van der Waals surface area contributed by atoms with Gasteiger partial charge in [-0.1, -0.05) is 24.6 Å². The van der Waals surface area contributed by atoms with E-state index in [9.17, 15) is 4.79 Å². The molecule has 0 saturated carbocycles. The number of hydrogen-bond acceptors (Lipinski definition) is 1. The summed E-state index contributed by atoms with van der Waals surface area (Å²) in [6.45, 7) is 3.01. The van der Waals surface area contributed by atoms with Crippen LogP contribution in [0.3, 0.4) is 0 Å². The summed E-state index contributed by atoms with van der Waals surface area (Å²) in [4.78, 5) is 14.2.